The minimum absolute atomic E-state index is 0.285. The van der Waals surface area contributed by atoms with Crippen LogP contribution in [0.4, 0.5) is 10.5 Å². The van der Waals surface area contributed by atoms with Crippen LogP contribution in [0.25, 0.3) is 0 Å². The van der Waals surface area contributed by atoms with E-state index in [1.54, 1.807) is 26.8 Å². The third-order valence-corrected chi connectivity index (χ3v) is 5.84. The lowest BCUT2D eigenvalue weighted by atomic mass is 9.99. The van der Waals surface area contributed by atoms with Gasteiger partial charge in [0, 0.05) is 6.04 Å². The number of anilines is 1. The van der Waals surface area contributed by atoms with Crippen LogP contribution in [0.1, 0.15) is 63.8 Å². The first-order valence-corrected chi connectivity index (χ1v) is 12.1. The van der Waals surface area contributed by atoms with Crippen molar-refractivity contribution in [2.75, 3.05) is 11.9 Å². The molecule has 2 N–H and O–H groups in total. The van der Waals surface area contributed by atoms with Crippen LogP contribution in [0.2, 0.25) is 5.02 Å². The molecule has 0 radical (unpaired) electrons. The Morgan fingerprint density at radius 3 is 2.23 bits per heavy atom. The highest BCUT2D eigenvalue weighted by atomic mass is 35.5. The molecule has 35 heavy (non-hydrogen) atoms. The average molecular weight is 502 g/mol. The highest BCUT2D eigenvalue weighted by Gasteiger charge is 2.35. The predicted octanol–water partition coefficient (Wildman–Crippen LogP) is 5.79. The maximum atomic E-state index is 13.7. The lowest BCUT2D eigenvalue weighted by Gasteiger charge is -2.36. The Morgan fingerprint density at radius 2 is 1.69 bits per heavy atom. The van der Waals surface area contributed by atoms with Gasteiger partial charge in [0.25, 0.3) is 5.91 Å². The van der Waals surface area contributed by atoms with E-state index in [1.165, 1.54) is 4.90 Å². The Kier molecular flexibility index (Phi) is 9.72. The molecule has 2 rings (SSSR count). The summed E-state index contributed by atoms with van der Waals surface area (Å²) in [5, 5.41) is 5.85. The van der Waals surface area contributed by atoms with Crippen LogP contribution >= 0.6 is 11.6 Å². The molecule has 2 aromatic rings. The summed E-state index contributed by atoms with van der Waals surface area (Å²) in [6.45, 7) is 12.5. The van der Waals surface area contributed by atoms with Gasteiger partial charge in [-0.05, 0) is 65.2 Å². The lowest BCUT2D eigenvalue weighted by molar-refractivity contribution is -0.140. The molecule has 0 spiro atoms. The molecule has 2 unspecified atom stereocenters. The third kappa shape index (κ3) is 7.99. The van der Waals surface area contributed by atoms with E-state index in [0.29, 0.717) is 22.7 Å². The third-order valence-electron chi connectivity index (χ3n) is 5.53. The average Bonchev–Trinajstić information content (AvgIpc) is 2.77. The van der Waals surface area contributed by atoms with E-state index >= 15 is 0 Å². The van der Waals surface area contributed by atoms with Crippen LogP contribution in [0.3, 0.4) is 0 Å². The highest BCUT2D eigenvalue weighted by molar-refractivity contribution is 6.34. The monoisotopic (exact) mass is 501 g/mol. The van der Waals surface area contributed by atoms with Crippen molar-refractivity contribution < 1.29 is 19.1 Å². The molecule has 8 heteroatoms. The SMILES string of the molecule is CCC(C)N(C(=O)CNC(=O)OC(C)(C)C)C(C(=O)Nc1c(C)cccc1Cl)c1ccc(C)cc1. The molecule has 0 saturated carbocycles. The molecular weight excluding hydrogens is 466 g/mol. The van der Waals surface area contributed by atoms with Gasteiger partial charge in [-0.1, -0.05) is 60.5 Å². The van der Waals surface area contributed by atoms with Crippen LogP contribution in [0.15, 0.2) is 42.5 Å². The Bertz CT molecular complexity index is 1030. The number of hydrogen-bond acceptors (Lipinski definition) is 4. The fraction of sp³-hybridized carbons (Fsp3) is 0.444. The summed E-state index contributed by atoms with van der Waals surface area (Å²) in [6, 6.07) is 11.6. The maximum Gasteiger partial charge on any atom is 0.408 e. The topological polar surface area (TPSA) is 87.7 Å². The van der Waals surface area contributed by atoms with E-state index in [2.05, 4.69) is 10.6 Å². The molecule has 2 aromatic carbocycles. The second-order valence-corrected chi connectivity index (χ2v) is 10.1. The van der Waals surface area contributed by atoms with Crippen molar-refractivity contribution in [2.24, 2.45) is 0 Å². The summed E-state index contributed by atoms with van der Waals surface area (Å²) in [5.74, 6) is -0.794. The number of aryl methyl sites for hydroxylation is 2. The van der Waals surface area contributed by atoms with Gasteiger partial charge in [0.05, 0.1) is 10.7 Å². The first kappa shape index (κ1) is 28.2. The molecule has 190 valence electrons. The highest BCUT2D eigenvalue weighted by Crippen LogP contribution is 2.30. The number of halogens is 1. The molecule has 0 saturated heterocycles. The Hall–Kier alpha value is -3.06. The first-order chi connectivity index (χ1) is 16.3. The number of alkyl carbamates (subject to hydrolysis) is 1. The zero-order chi connectivity index (χ0) is 26.3. The zero-order valence-corrected chi connectivity index (χ0v) is 22.3. The summed E-state index contributed by atoms with van der Waals surface area (Å²) in [5.41, 5.74) is 2.30. The van der Waals surface area contributed by atoms with Gasteiger partial charge in [-0.2, -0.15) is 0 Å². The quantitative estimate of drug-likeness (QED) is 0.479. The smallest absolute Gasteiger partial charge is 0.408 e. The molecule has 3 amide bonds. The van der Waals surface area contributed by atoms with Crippen molar-refractivity contribution in [2.45, 2.75) is 72.6 Å². The van der Waals surface area contributed by atoms with Crippen LogP contribution < -0.4 is 10.6 Å². The van der Waals surface area contributed by atoms with Gasteiger partial charge in [-0.25, -0.2) is 4.79 Å². The number of benzene rings is 2. The standard InChI is InChI=1S/C27H36ClN3O4/c1-8-19(4)31(22(32)16-29-26(34)35-27(5,6)7)24(20-14-12-17(2)13-15-20)25(33)30-23-18(3)10-9-11-21(23)28/h9-15,19,24H,8,16H2,1-7H3,(H,29,34)(H,30,33). The van der Waals surface area contributed by atoms with Crippen molar-refractivity contribution in [1.82, 2.24) is 10.2 Å². The van der Waals surface area contributed by atoms with E-state index in [4.69, 9.17) is 16.3 Å². The molecule has 0 fully saturated rings. The molecule has 0 bridgehead atoms. The van der Waals surface area contributed by atoms with E-state index in [-0.39, 0.29) is 12.6 Å². The number of amides is 3. The molecule has 0 aliphatic rings. The predicted molar refractivity (Wildman–Crippen MR) is 140 cm³/mol. The lowest BCUT2D eigenvalue weighted by Crippen LogP contribution is -2.50. The second kappa shape index (κ2) is 12.1. The van der Waals surface area contributed by atoms with Crippen molar-refractivity contribution in [1.29, 1.82) is 0 Å². The fourth-order valence-electron chi connectivity index (χ4n) is 3.56. The van der Waals surface area contributed by atoms with E-state index < -0.39 is 29.6 Å². The van der Waals surface area contributed by atoms with Crippen molar-refractivity contribution >= 4 is 35.2 Å². The van der Waals surface area contributed by atoms with Gasteiger partial charge in [-0.15, -0.1) is 0 Å². The number of carbonyl (C=O) groups is 3. The van der Waals surface area contributed by atoms with E-state index in [9.17, 15) is 14.4 Å². The van der Waals surface area contributed by atoms with Crippen LogP contribution in [-0.4, -0.2) is 41.0 Å². The van der Waals surface area contributed by atoms with Crippen LogP contribution in [-0.2, 0) is 14.3 Å². The minimum atomic E-state index is -0.936. The van der Waals surface area contributed by atoms with Gasteiger partial charge in [-0.3, -0.25) is 9.59 Å². The van der Waals surface area contributed by atoms with E-state index in [1.807, 2.05) is 64.1 Å². The summed E-state index contributed by atoms with van der Waals surface area (Å²) in [4.78, 5) is 40.8. The molecule has 0 heterocycles. The number of nitrogens with zero attached hydrogens (tertiary/aromatic N) is 1. The Labute approximate surface area is 213 Å². The summed E-state index contributed by atoms with van der Waals surface area (Å²) in [7, 11) is 0. The second-order valence-electron chi connectivity index (χ2n) is 9.65. The molecule has 7 nitrogen and oxygen atoms in total. The largest absolute Gasteiger partial charge is 0.444 e. The zero-order valence-electron chi connectivity index (χ0n) is 21.6. The summed E-state index contributed by atoms with van der Waals surface area (Å²) < 4.78 is 5.25. The molecule has 2 atom stereocenters. The molecule has 0 aliphatic carbocycles. The molecule has 0 aliphatic heterocycles. The number of hydrogen-bond donors (Lipinski definition) is 2. The maximum absolute atomic E-state index is 13.7. The Morgan fingerprint density at radius 1 is 1.06 bits per heavy atom. The summed E-state index contributed by atoms with van der Waals surface area (Å²) in [6.07, 6.45) is -0.0863. The van der Waals surface area contributed by atoms with E-state index in [0.717, 1.165) is 11.1 Å². The number of ether oxygens (including phenoxy) is 1. The van der Waals surface area contributed by atoms with Gasteiger partial charge < -0.3 is 20.3 Å². The van der Waals surface area contributed by atoms with Crippen molar-refractivity contribution in [3.63, 3.8) is 0 Å². The van der Waals surface area contributed by atoms with Gasteiger partial charge in [0.1, 0.15) is 18.2 Å². The molecular formula is C27H36ClN3O4. The van der Waals surface area contributed by atoms with Crippen LogP contribution in [0, 0.1) is 13.8 Å². The van der Waals surface area contributed by atoms with Gasteiger partial charge >= 0.3 is 6.09 Å². The normalized spacial score (nSPS) is 12.9. The van der Waals surface area contributed by atoms with Gasteiger partial charge in [0.15, 0.2) is 0 Å². The minimum Gasteiger partial charge on any atom is -0.444 e. The fourth-order valence-corrected chi connectivity index (χ4v) is 3.83. The summed E-state index contributed by atoms with van der Waals surface area (Å²) >= 11 is 6.36. The molecule has 0 aromatic heterocycles. The number of rotatable bonds is 8. The first-order valence-electron chi connectivity index (χ1n) is 11.7. The number of carbonyl (C=O) groups excluding carboxylic acids is 3. The van der Waals surface area contributed by atoms with Crippen molar-refractivity contribution in [3.05, 3.63) is 64.2 Å². The number of para-hydroxylation sites is 1. The number of nitrogens with one attached hydrogen (secondary N) is 2. The van der Waals surface area contributed by atoms with Crippen molar-refractivity contribution in [3.8, 4) is 0 Å². The van der Waals surface area contributed by atoms with Crippen LogP contribution in [0.5, 0.6) is 0 Å². The van der Waals surface area contributed by atoms with Gasteiger partial charge in [0.2, 0.25) is 5.91 Å². The Balaban J connectivity index is 2.42.